The fourth-order valence-electron chi connectivity index (χ4n) is 2.20. The summed E-state index contributed by atoms with van der Waals surface area (Å²) in [6, 6.07) is 1.35. The fraction of sp³-hybridized carbons (Fsp3) is 0.500. The minimum atomic E-state index is -4.94. The molecule has 1 aliphatic heterocycles. The number of sulfonamides is 1. The summed E-state index contributed by atoms with van der Waals surface area (Å²) in [6.45, 7) is 2.63. The molecule has 0 aliphatic carbocycles. The van der Waals surface area contributed by atoms with Crippen LogP contribution in [0.4, 0.5) is 17.6 Å². The van der Waals surface area contributed by atoms with Gasteiger partial charge in [0.25, 0.3) is 0 Å². The van der Waals surface area contributed by atoms with Crippen molar-refractivity contribution in [2.45, 2.75) is 24.0 Å². The molecule has 1 saturated heterocycles. The van der Waals surface area contributed by atoms with Gasteiger partial charge < -0.3 is 5.32 Å². The molecule has 0 unspecified atom stereocenters. The zero-order valence-corrected chi connectivity index (χ0v) is 11.9. The molecule has 118 valence electrons. The van der Waals surface area contributed by atoms with Crippen LogP contribution in [0.5, 0.6) is 0 Å². The topological polar surface area (TPSA) is 49.4 Å². The standard InChI is InChI=1S/C12H14F4N2O2S/c1-8-7-17-4-5-18(8)21(19,20)9-2-3-11(13)10(6-9)12(14,15)16/h2-3,6,8,17H,4-5,7H2,1H3/t8-/m1/s1. The van der Waals surface area contributed by atoms with E-state index in [1.807, 2.05) is 0 Å². The Bertz CT molecular complexity index is 631. The SMILES string of the molecule is C[C@@H]1CNCCN1S(=O)(=O)c1ccc(F)c(C(F)(F)F)c1. The van der Waals surface area contributed by atoms with Crippen molar-refractivity contribution in [3.05, 3.63) is 29.6 Å². The molecule has 4 nitrogen and oxygen atoms in total. The molecule has 1 fully saturated rings. The predicted molar refractivity (Wildman–Crippen MR) is 67.6 cm³/mol. The van der Waals surface area contributed by atoms with Gasteiger partial charge in [-0.2, -0.15) is 17.5 Å². The van der Waals surface area contributed by atoms with Crippen molar-refractivity contribution in [2.75, 3.05) is 19.6 Å². The Morgan fingerprint density at radius 1 is 1.33 bits per heavy atom. The quantitative estimate of drug-likeness (QED) is 0.844. The molecule has 0 saturated carbocycles. The monoisotopic (exact) mass is 326 g/mol. The molecule has 0 spiro atoms. The second kappa shape index (κ2) is 5.54. The minimum absolute atomic E-state index is 0.155. The maximum absolute atomic E-state index is 13.2. The molecule has 0 bridgehead atoms. The Balaban J connectivity index is 2.46. The van der Waals surface area contributed by atoms with Crippen molar-refractivity contribution < 1.29 is 26.0 Å². The van der Waals surface area contributed by atoms with Gasteiger partial charge in [-0.3, -0.25) is 0 Å². The maximum Gasteiger partial charge on any atom is 0.419 e. The van der Waals surface area contributed by atoms with E-state index < -0.39 is 32.5 Å². The lowest BCUT2D eigenvalue weighted by Gasteiger charge is -2.32. The Morgan fingerprint density at radius 2 is 2.00 bits per heavy atom. The number of hydrogen-bond donors (Lipinski definition) is 1. The molecule has 2 rings (SSSR count). The van der Waals surface area contributed by atoms with Gasteiger partial charge in [-0.1, -0.05) is 0 Å². The van der Waals surface area contributed by atoms with Crippen molar-refractivity contribution in [1.29, 1.82) is 0 Å². The number of halogens is 4. The second-order valence-corrected chi connectivity index (χ2v) is 6.70. The van der Waals surface area contributed by atoms with Crippen LogP contribution in [0, 0.1) is 5.82 Å². The summed E-state index contributed by atoms with van der Waals surface area (Å²) in [7, 11) is -4.08. The van der Waals surface area contributed by atoms with Gasteiger partial charge in [0.1, 0.15) is 5.82 Å². The van der Waals surface area contributed by atoms with E-state index in [9.17, 15) is 26.0 Å². The summed E-state index contributed by atoms with van der Waals surface area (Å²) in [4.78, 5) is -0.551. The number of alkyl halides is 3. The second-order valence-electron chi connectivity index (χ2n) is 4.81. The van der Waals surface area contributed by atoms with E-state index in [1.165, 1.54) is 0 Å². The summed E-state index contributed by atoms with van der Waals surface area (Å²) < 4.78 is 77.2. The highest BCUT2D eigenvalue weighted by Crippen LogP contribution is 2.33. The molecule has 0 aromatic heterocycles. The molecule has 21 heavy (non-hydrogen) atoms. The van der Waals surface area contributed by atoms with Gasteiger partial charge >= 0.3 is 6.18 Å². The van der Waals surface area contributed by atoms with Crippen molar-refractivity contribution >= 4 is 10.0 Å². The molecular formula is C12H14F4N2O2S. The van der Waals surface area contributed by atoms with Crippen LogP contribution >= 0.6 is 0 Å². The van der Waals surface area contributed by atoms with Crippen LogP contribution in [0.25, 0.3) is 0 Å². The fourth-order valence-corrected chi connectivity index (χ4v) is 3.85. The van der Waals surface area contributed by atoms with Crippen LogP contribution in [-0.2, 0) is 16.2 Å². The summed E-state index contributed by atoms with van der Waals surface area (Å²) in [5, 5.41) is 2.99. The third kappa shape index (κ3) is 3.19. The molecule has 1 aromatic rings. The average Bonchev–Trinajstić information content (AvgIpc) is 2.37. The lowest BCUT2D eigenvalue weighted by atomic mass is 10.2. The van der Waals surface area contributed by atoms with Crippen LogP contribution in [-0.4, -0.2) is 38.4 Å². The summed E-state index contributed by atoms with van der Waals surface area (Å²) in [6.07, 6.45) is -4.94. The highest BCUT2D eigenvalue weighted by atomic mass is 32.2. The number of piperazine rings is 1. The van der Waals surface area contributed by atoms with Crippen molar-refractivity contribution in [3.8, 4) is 0 Å². The molecule has 1 aromatic carbocycles. The summed E-state index contributed by atoms with van der Waals surface area (Å²) in [5.41, 5.74) is -1.58. The largest absolute Gasteiger partial charge is 0.419 e. The first-order valence-electron chi connectivity index (χ1n) is 6.23. The van der Waals surface area contributed by atoms with E-state index in [0.29, 0.717) is 25.2 Å². The van der Waals surface area contributed by atoms with Gasteiger partial charge in [-0.05, 0) is 25.1 Å². The molecular weight excluding hydrogens is 312 g/mol. The average molecular weight is 326 g/mol. The van der Waals surface area contributed by atoms with Crippen molar-refractivity contribution in [1.82, 2.24) is 9.62 Å². The van der Waals surface area contributed by atoms with Gasteiger partial charge in [0, 0.05) is 25.7 Å². The molecule has 1 aliphatic rings. The Labute approximate surface area is 119 Å². The third-order valence-electron chi connectivity index (χ3n) is 3.29. The zero-order valence-electron chi connectivity index (χ0n) is 11.1. The zero-order chi connectivity index (χ0) is 15.8. The highest BCUT2D eigenvalue weighted by Gasteiger charge is 2.37. The van der Waals surface area contributed by atoms with Crippen LogP contribution in [0.1, 0.15) is 12.5 Å². The van der Waals surface area contributed by atoms with E-state index in [2.05, 4.69) is 5.32 Å². The minimum Gasteiger partial charge on any atom is -0.314 e. The Morgan fingerprint density at radius 3 is 2.57 bits per heavy atom. The molecule has 0 amide bonds. The molecule has 1 heterocycles. The normalized spacial score (nSPS) is 21.5. The van der Waals surface area contributed by atoms with E-state index in [-0.39, 0.29) is 12.6 Å². The first-order valence-corrected chi connectivity index (χ1v) is 7.67. The molecule has 9 heteroatoms. The summed E-state index contributed by atoms with van der Waals surface area (Å²) in [5.74, 6) is -1.49. The number of benzene rings is 1. The maximum atomic E-state index is 13.2. The Hall–Kier alpha value is -1.19. The van der Waals surface area contributed by atoms with Gasteiger partial charge in [0.05, 0.1) is 10.5 Å². The lowest BCUT2D eigenvalue weighted by molar-refractivity contribution is -0.140. The summed E-state index contributed by atoms with van der Waals surface area (Å²) >= 11 is 0. The van der Waals surface area contributed by atoms with Gasteiger partial charge in [-0.15, -0.1) is 0 Å². The van der Waals surface area contributed by atoms with Crippen LogP contribution < -0.4 is 5.32 Å². The van der Waals surface area contributed by atoms with E-state index in [0.717, 1.165) is 10.4 Å². The van der Waals surface area contributed by atoms with Crippen LogP contribution in [0.2, 0.25) is 0 Å². The third-order valence-corrected chi connectivity index (χ3v) is 5.30. The predicted octanol–water partition coefficient (Wildman–Crippen LogP) is 1.83. The first-order chi connectivity index (χ1) is 9.64. The van der Waals surface area contributed by atoms with Gasteiger partial charge in [0.2, 0.25) is 10.0 Å². The number of nitrogens with one attached hydrogen (secondary N) is 1. The van der Waals surface area contributed by atoms with Crippen LogP contribution in [0.3, 0.4) is 0 Å². The smallest absolute Gasteiger partial charge is 0.314 e. The number of rotatable bonds is 2. The first kappa shape index (κ1) is 16.2. The molecule has 1 atom stereocenters. The molecule has 0 radical (unpaired) electrons. The van der Waals surface area contributed by atoms with E-state index in [1.54, 1.807) is 6.92 Å². The lowest BCUT2D eigenvalue weighted by Crippen LogP contribution is -2.52. The van der Waals surface area contributed by atoms with E-state index in [4.69, 9.17) is 0 Å². The number of nitrogens with zero attached hydrogens (tertiary/aromatic N) is 1. The van der Waals surface area contributed by atoms with Crippen molar-refractivity contribution in [2.24, 2.45) is 0 Å². The molecule has 1 N–H and O–H groups in total. The highest BCUT2D eigenvalue weighted by molar-refractivity contribution is 7.89. The van der Waals surface area contributed by atoms with Gasteiger partial charge in [-0.25, -0.2) is 12.8 Å². The van der Waals surface area contributed by atoms with Crippen LogP contribution in [0.15, 0.2) is 23.1 Å². The van der Waals surface area contributed by atoms with Gasteiger partial charge in [0.15, 0.2) is 0 Å². The van der Waals surface area contributed by atoms with E-state index >= 15 is 0 Å². The Kier molecular flexibility index (Phi) is 4.27. The number of hydrogen-bond acceptors (Lipinski definition) is 3. The van der Waals surface area contributed by atoms with Crippen molar-refractivity contribution in [3.63, 3.8) is 0 Å².